The van der Waals surface area contributed by atoms with Crippen LogP contribution in [0.25, 0.3) is 0 Å². The number of nitrogens with one attached hydrogen (secondary N) is 4. The van der Waals surface area contributed by atoms with Crippen molar-refractivity contribution in [3.63, 3.8) is 0 Å². The molecular formula is C34H56N4O6. The molecule has 3 fully saturated rings. The molecule has 248 valence electrons. The van der Waals surface area contributed by atoms with Crippen molar-refractivity contribution >= 4 is 11.9 Å². The summed E-state index contributed by atoms with van der Waals surface area (Å²) in [6.07, 6.45) is 6.31. The smallest absolute Gasteiger partial charge is 0.303 e. The van der Waals surface area contributed by atoms with Crippen molar-refractivity contribution in [2.75, 3.05) is 13.2 Å². The summed E-state index contributed by atoms with van der Waals surface area (Å²) in [4.78, 5) is 23.3. The van der Waals surface area contributed by atoms with Gasteiger partial charge in [0.2, 0.25) is 0 Å². The first-order chi connectivity index (χ1) is 21.0. The molecule has 12 atom stereocenters. The van der Waals surface area contributed by atoms with Crippen molar-refractivity contribution < 1.29 is 30.0 Å². The molecule has 0 aromatic carbocycles. The predicted molar refractivity (Wildman–Crippen MR) is 169 cm³/mol. The van der Waals surface area contributed by atoms with E-state index < -0.39 is 11.9 Å². The Morgan fingerprint density at radius 3 is 1.57 bits per heavy atom. The molecule has 10 heteroatoms. The highest BCUT2D eigenvalue weighted by Gasteiger charge is 2.47. The quantitative estimate of drug-likeness (QED) is 0.171. The number of carbonyl (C=O) groups is 2. The average Bonchev–Trinajstić information content (AvgIpc) is 3.62. The van der Waals surface area contributed by atoms with Gasteiger partial charge in [-0.2, -0.15) is 0 Å². The van der Waals surface area contributed by atoms with Crippen LogP contribution in [0.15, 0.2) is 22.3 Å². The normalized spacial score (nSPS) is 40.7. The fourth-order valence-electron chi connectivity index (χ4n) is 9.81. The lowest BCUT2D eigenvalue weighted by atomic mass is 9.80. The van der Waals surface area contributed by atoms with Gasteiger partial charge in [-0.15, -0.1) is 0 Å². The highest BCUT2D eigenvalue weighted by atomic mass is 16.4. The standard InChI is InChI=1S/C34H56N4O6/c1-17-21(5-7-33(41)42)31-16-32-22(6-8-34(43)44)18(2)27(38-32)14-30-24(10-12-40)20(4)28(37-30)15-29-23(9-11-39)19(3)26(35-29)13-25(17)36-31/h17,20-21,24-32,35-40H,5-16H2,1-4H3,(H,41,42)(H,43,44). The first kappa shape index (κ1) is 33.5. The second-order valence-electron chi connectivity index (χ2n) is 14.5. The highest BCUT2D eigenvalue weighted by Crippen LogP contribution is 2.42. The molecule has 8 N–H and O–H groups in total. The molecule has 0 spiro atoms. The first-order valence-electron chi connectivity index (χ1n) is 17.1. The molecule has 5 aliphatic rings. The number of hydrogen-bond acceptors (Lipinski definition) is 8. The number of hydrogen-bond donors (Lipinski definition) is 8. The molecule has 5 rings (SSSR count). The zero-order valence-corrected chi connectivity index (χ0v) is 27.0. The minimum absolute atomic E-state index is 0.0423. The van der Waals surface area contributed by atoms with Crippen LogP contribution in [0.1, 0.15) is 91.9 Å². The molecule has 0 aromatic rings. The van der Waals surface area contributed by atoms with Gasteiger partial charge in [-0.3, -0.25) is 9.59 Å². The van der Waals surface area contributed by atoms with Gasteiger partial charge in [-0.05, 0) is 88.9 Å². The fourth-order valence-corrected chi connectivity index (χ4v) is 9.81. The van der Waals surface area contributed by atoms with Crippen molar-refractivity contribution in [1.82, 2.24) is 21.3 Å². The van der Waals surface area contributed by atoms with Gasteiger partial charge in [0.05, 0.1) is 0 Å². The summed E-state index contributed by atoms with van der Waals surface area (Å²) < 4.78 is 0. The highest BCUT2D eigenvalue weighted by molar-refractivity contribution is 5.67. The maximum atomic E-state index is 11.7. The number of fused-ring (bicyclic) bond motifs is 8. The number of aliphatic hydroxyl groups excluding tert-OH is 2. The number of carboxylic acid groups (broad SMARTS) is 2. The van der Waals surface area contributed by atoms with Crippen molar-refractivity contribution in [3.05, 3.63) is 22.3 Å². The topological polar surface area (TPSA) is 163 Å². The van der Waals surface area contributed by atoms with Crippen LogP contribution in [0.2, 0.25) is 0 Å². The zero-order chi connectivity index (χ0) is 31.7. The minimum Gasteiger partial charge on any atom is -0.481 e. The van der Waals surface area contributed by atoms with E-state index in [1.54, 1.807) is 0 Å². The monoisotopic (exact) mass is 616 g/mol. The van der Waals surface area contributed by atoms with Gasteiger partial charge in [-0.25, -0.2) is 0 Å². The van der Waals surface area contributed by atoms with E-state index >= 15 is 0 Å². The van der Waals surface area contributed by atoms with Crippen LogP contribution < -0.4 is 21.3 Å². The van der Waals surface area contributed by atoms with Crippen LogP contribution in [0.3, 0.4) is 0 Å². The third-order valence-electron chi connectivity index (χ3n) is 12.3. The first-order valence-corrected chi connectivity index (χ1v) is 17.1. The molecule has 5 aliphatic heterocycles. The number of aliphatic carboxylic acids is 2. The minimum atomic E-state index is -0.790. The second-order valence-corrected chi connectivity index (χ2v) is 14.5. The van der Waals surface area contributed by atoms with E-state index in [1.165, 1.54) is 22.3 Å². The van der Waals surface area contributed by atoms with Crippen LogP contribution >= 0.6 is 0 Å². The molecule has 0 aromatic heterocycles. The number of aliphatic hydroxyl groups is 2. The third-order valence-corrected chi connectivity index (χ3v) is 12.3. The van der Waals surface area contributed by atoms with E-state index in [-0.39, 0.29) is 80.3 Å². The van der Waals surface area contributed by atoms with Crippen LogP contribution in [-0.2, 0) is 9.59 Å². The van der Waals surface area contributed by atoms with E-state index in [1.807, 2.05) is 0 Å². The lowest BCUT2D eigenvalue weighted by molar-refractivity contribution is -0.138. The van der Waals surface area contributed by atoms with Crippen LogP contribution in [0, 0.1) is 23.7 Å². The Kier molecular flexibility index (Phi) is 10.9. The van der Waals surface area contributed by atoms with Gasteiger partial charge >= 0.3 is 11.9 Å². The molecular weight excluding hydrogens is 560 g/mol. The molecule has 0 saturated carbocycles. The zero-order valence-electron chi connectivity index (χ0n) is 27.0. The summed E-state index contributed by atoms with van der Waals surface area (Å²) in [5, 5.41) is 55.0. The Labute approximate surface area is 262 Å². The van der Waals surface area contributed by atoms with Crippen molar-refractivity contribution in [2.24, 2.45) is 23.7 Å². The Hall–Kier alpha value is -1.82. The fraction of sp³-hybridized carbons (Fsp3) is 0.824. The average molecular weight is 617 g/mol. The largest absolute Gasteiger partial charge is 0.481 e. The molecule has 0 radical (unpaired) electrons. The molecule has 10 nitrogen and oxygen atoms in total. The van der Waals surface area contributed by atoms with E-state index in [0.29, 0.717) is 37.0 Å². The third kappa shape index (κ3) is 6.95. The number of carboxylic acids is 2. The maximum absolute atomic E-state index is 11.7. The van der Waals surface area contributed by atoms with Crippen LogP contribution in [-0.4, -0.2) is 93.9 Å². The van der Waals surface area contributed by atoms with Gasteiger partial charge in [-0.1, -0.05) is 36.1 Å². The van der Waals surface area contributed by atoms with Gasteiger partial charge in [0, 0.05) is 74.4 Å². The molecule has 44 heavy (non-hydrogen) atoms. The van der Waals surface area contributed by atoms with E-state index in [9.17, 15) is 30.0 Å². The molecule has 0 aliphatic carbocycles. The van der Waals surface area contributed by atoms with E-state index in [4.69, 9.17) is 0 Å². The van der Waals surface area contributed by atoms with Crippen LogP contribution in [0.5, 0.6) is 0 Å². The number of rotatable bonds is 10. The Morgan fingerprint density at radius 1 is 0.614 bits per heavy atom. The maximum Gasteiger partial charge on any atom is 0.303 e. The lowest BCUT2D eigenvalue weighted by Gasteiger charge is -2.28. The van der Waals surface area contributed by atoms with Crippen molar-refractivity contribution in [3.8, 4) is 0 Å². The molecule has 3 saturated heterocycles. The van der Waals surface area contributed by atoms with E-state index in [2.05, 4.69) is 49.0 Å². The van der Waals surface area contributed by atoms with Gasteiger partial charge in [0.15, 0.2) is 0 Å². The molecule has 8 bridgehead atoms. The summed E-state index contributed by atoms with van der Waals surface area (Å²) in [5.41, 5.74) is 5.10. The van der Waals surface area contributed by atoms with Crippen molar-refractivity contribution in [1.29, 1.82) is 0 Å². The Morgan fingerprint density at radius 2 is 1.07 bits per heavy atom. The predicted octanol–water partition coefficient (Wildman–Crippen LogP) is 2.55. The second kappa shape index (κ2) is 14.3. The molecule has 5 heterocycles. The van der Waals surface area contributed by atoms with Crippen LogP contribution in [0.4, 0.5) is 0 Å². The summed E-state index contributed by atoms with van der Waals surface area (Å²) in [6, 6.07) is 1.39. The van der Waals surface area contributed by atoms with Crippen molar-refractivity contribution in [2.45, 2.75) is 140 Å². The summed E-state index contributed by atoms with van der Waals surface area (Å²) in [6.45, 7) is 9.23. The summed E-state index contributed by atoms with van der Waals surface area (Å²) >= 11 is 0. The van der Waals surface area contributed by atoms with Gasteiger partial charge in [0.1, 0.15) is 0 Å². The SMILES string of the molecule is CC1=C(CCO)C2CC3NC(CC4NC(CC5NC(CC1N2)C(C)C5CCC(=O)O)C(CCC(=O)O)=C4C)C(CCO)C3C. The summed E-state index contributed by atoms with van der Waals surface area (Å²) in [5.74, 6) is -0.330. The summed E-state index contributed by atoms with van der Waals surface area (Å²) in [7, 11) is 0. The molecule has 12 unspecified atom stereocenters. The van der Waals surface area contributed by atoms with Gasteiger partial charge < -0.3 is 41.7 Å². The Balaban J connectivity index is 1.50. The lowest BCUT2D eigenvalue weighted by Crippen LogP contribution is -2.46. The molecule has 0 amide bonds. The van der Waals surface area contributed by atoms with Gasteiger partial charge in [0.25, 0.3) is 0 Å². The Bertz CT molecular complexity index is 1130. The van der Waals surface area contributed by atoms with E-state index in [0.717, 1.165) is 32.1 Å².